The van der Waals surface area contributed by atoms with Gasteiger partial charge in [-0.3, -0.25) is 9.00 Å². The molecule has 0 radical (unpaired) electrons. The fourth-order valence-corrected chi connectivity index (χ4v) is 2.51. The summed E-state index contributed by atoms with van der Waals surface area (Å²) in [7, 11) is -1.02. The van der Waals surface area contributed by atoms with E-state index in [0.717, 1.165) is 18.6 Å². The predicted octanol–water partition coefficient (Wildman–Crippen LogP) is 2.07. The lowest BCUT2D eigenvalue weighted by molar-refractivity contribution is -0.136. The Morgan fingerprint density at radius 1 is 1.17 bits per heavy atom. The second-order valence-electron chi connectivity index (χ2n) is 3.86. The number of para-hydroxylation sites is 1. The molecule has 0 saturated carbocycles. The zero-order valence-corrected chi connectivity index (χ0v) is 11.0. The van der Waals surface area contributed by atoms with Gasteiger partial charge >= 0.3 is 5.97 Å². The number of hydrogen-bond donors (Lipinski definition) is 1. The van der Waals surface area contributed by atoms with Gasteiger partial charge in [0.1, 0.15) is 5.75 Å². The van der Waals surface area contributed by atoms with Gasteiger partial charge in [0.05, 0.1) is 13.0 Å². The molecule has 1 aromatic carbocycles. The van der Waals surface area contributed by atoms with Gasteiger partial charge in [0.25, 0.3) is 0 Å². The number of benzene rings is 1. The van der Waals surface area contributed by atoms with Crippen LogP contribution in [0.2, 0.25) is 0 Å². The van der Waals surface area contributed by atoms with Crippen molar-refractivity contribution in [2.24, 2.45) is 0 Å². The maximum Gasteiger partial charge on any atom is 0.304 e. The first kappa shape index (κ1) is 14.7. The molecule has 0 saturated heterocycles. The van der Waals surface area contributed by atoms with Crippen molar-refractivity contribution < 1.29 is 18.8 Å². The van der Waals surface area contributed by atoms with Crippen LogP contribution in [0.15, 0.2) is 30.3 Å². The van der Waals surface area contributed by atoms with Gasteiger partial charge in [0, 0.05) is 22.3 Å². The van der Waals surface area contributed by atoms with Crippen molar-refractivity contribution in [3.05, 3.63) is 30.3 Å². The third-order valence-electron chi connectivity index (χ3n) is 2.32. The van der Waals surface area contributed by atoms with Crippen LogP contribution in [-0.4, -0.2) is 33.4 Å². The van der Waals surface area contributed by atoms with Crippen molar-refractivity contribution in [3.63, 3.8) is 0 Å². The van der Waals surface area contributed by atoms with Gasteiger partial charge < -0.3 is 9.84 Å². The van der Waals surface area contributed by atoms with Crippen LogP contribution < -0.4 is 4.74 Å². The van der Waals surface area contributed by atoms with E-state index in [0.29, 0.717) is 12.4 Å². The molecule has 0 fully saturated rings. The zero-order valence-electron chi connectivity index (χ0n) is 10.2. The quantitative estimate of drug-likeness (QED) is 0.698. The van der Waals surface area contributed by atoms with Crippen LogP contribution in [0.3, 0.4) is 0 Å². The highest BCUT2D eigenvalue weighted by Gasteiger charge is 2.03. The second kappa shape index (κ2) is 8.69. The Balaban J connectivity index is 2.02. The third-order valence-corrected chi connectivity index (χ3v) is 3.73. The highest BCUT2D eigenvalue weighted by molar-refractivity contribution is 7.84. The molecule has 1 aromatic rings. The Kier molecular flexibility index (Phi) is 7.10. The molecule has 1 N–H and O–H groups in total. The van der Waals surface area contributed by atoms with E-state index in [-0.39, 0.29) is 12.2 Å². The largest absolute Gasteiger partial charge is 0.494 e. The van der Waals surface area contributed by atoms with E-state index in [1.165, 1.54) is 0 Å². The van der Waals surface area contributed by atoms with Gasteiger partial charge in [-0.25, -0.2) is 0 Å². The molecule has 1 unspecified atom stereocenters. The molecule has 18 heavy (non-hydrogen) atoms. The van der Waals surface area contributed by atoms with E-state index in [1.807, 2.05) is 30.3 Å². The average Bonchev–Trinajstić information content (AvgIpc) is 2.37. The van der Waals surface area contributed by atoms with Gasteiger partial charge in [0.2, 0.25) is 0 Å². The summed E-state index contributed by atoms with van der Waals surface area (Å²) < 4.78 is 16.9. The Morgan fingerprint density at radius 2 is 1.89 bits per heavy atom. The van der Waals surface area contributed by atoms with Gasteiger partial charge in [-0.1, -0.05) is 18.2 Å². The highest BCUT2D eigenvalue weighted by Crippen LogP contribution is 2.08. The maximum absolute atomic E-state index is 11.4. The van der Waals surface area contributed by atoms with Crippen molar-refractivity contribution in [1.29, 1.82) is 0 Å². The monoisotopic (exact) mass is 270 g/mol. The molecular weight excluding hydrogens is 252 g/mol. The molecule has 5 heteroatoms. The molecule has 0 aliphatic carbocycles. The first-order valence-corrected chi connectivity index (χ1v) is 7.42. The number of carboxylic acid groups (broad SMARTS) is 1. The Morgan fingerprint density at radius 3 is 2.56 bits per heavy atom. The smallest absolute Gasteiger partial charge is 0.304 e. The predicted molar refractivity (Wildman–Crippen MR) is 71.3 cm³/mol. The van der Waals surface area contributed by atoms with Crippen LogP contribution >= 0.6 is 0 Å². The summed E-state index contributed by atoms with van der Waals surface area (Å²) in [6, 6.07) is 9.54. The Hall–Kier alpha value is -1.36. The molecule has 1 atom stereocenters. The fraction of sp³-hybridized carbons (Fsp3) is 0.462. The molecular formula is C13H18O4S. The van der Waals surface area contributed by atoms with E-state index < -0.39 is 16.8 Å². The van der Waals surface area contributed by atoms with Crippen LogP contribution in [0.5, 0.6) is 5.75 Å². The van der Waals surface area contributed by atoms with Gasteiger partial charge in [0.15, 0.2) is 0 Å². The Labute approximate surface area is 109 Å². The van der Waals surface area contributed by atoms with E-state index in [9.17, 15) is 9.00 Å². The van der Waals surface area contributed by atoms with Crippen molar-refractivity contribution in [2.45, 2.75) is 19.3 Å². The van der Waals surface area contributed by atoms with Crippen molar-refractivity contribution >= 4 is 16.8 Å². The van der Waals surface area contributed by atoms with Crippen LogP contribution in [0.1, 0.15) is 19.3 Å². The number of carbonyl (C=O) groups is 1. The number of carboxylic acids is 1. The standard InChI is InChI=1S/C13H18O4S/c14-13(15)8-11-18(16)10-5-4-9-17-12-6-2-1-3-7-12/h1-3,6-7H,4-5,8-11H2,(H,14,15). The van der Waals surface area contributed by atoms with Gasteiger partial charge in [-0.2, -0.15) is 0 Å². The minimum atomic E-state index is -1.02. The van der Waals surface area contributed by atoms with Crippen molar-refractivity contribution in [3.8, 4) is 5.75 Å². The van der Waals surface area contributed by atoms with Gasteiger partial charge in [-0.05, 0) is 25.0 Å². The van der Waals surface area contributed by atoms with Crippen LogP contribution in [-0.2, 0) is 15.6 Å². The molecule has 4 nitrogen and oxygen atoms in total. The fourth-order valence-electron chi connectivity index (χ4n) is 1.38. The number of hydrogen-bond acceptors (Lipinski definition) is 3. The van der Waals surface area contributed by atoms with Crippen molar-refractivity contribution in [2.75, 3.05) is 18.1 Å². The number of aliphatic carboxylic acids is 1. The average molecular weight is 270 g/mol. The van der Waals surface area contributed by atoms with Crippen LogP contribution in [0.4, 0.5) is 0 Å². The first-order valence-electron chi connectivity index (χ1n) is 5.93. The van der Waals surface area contributed by atoms with E-state index in [1.54, 1.807) is 0 Å². The first-order chi connectivity index (χ1) is 8.68. The maximum atomic E-state index is 11.4. The van der Waals surface area contributed by atoms with Crippen molar-refractivity contribution in [1.82, 2.24) is 0 Å². The minimum Gasteiger partial charge on any atom is -0.494 e. The third kappa shape index (κ3) is 7.06. The van der Waals surface area contributed by atoms with E-state index in [4.69, 9.17) is 9.84 Å². The summed E-state index contributed by atoms with van der Waals surface area (Å²) in [5.41, 5.74) is 0. The number of rotatable bonds is 9. The lowest BCUT2D eigenvalue weighted by Gasteiger charge is -2.05. The normalized spacial score (nSPS) is 12.0. The zero-order chi connectivity index (χ0) is 13.2. The van der Waals surface area contributed by atoms with Gasteiger partial charge in [-0.15, -0.1) is 0 Å². The van der Waals surface area contributed by atoms with Crippen LogP contribution in [0, 0.1) is 0 Å². The lowest BCUT2D eigenvalue weighted by Crippen LogP contribution is -2.08. The molecule has 100 valence electrons. The molecule has 0 aromatic heterocycles. The molecule has 1 rings (SSSR count). The topological polar surface area (TPSA) is 63.6 Å². The molecule has 0 aliphatic heterocycles. The SMILES string of the molecule is O=C(O)CCS(=O)CCCCOc1ccccc1. The number of unbranched alkanes of at least 4 members (excludes halogenated alkanes) is 1. The summed E-state index contributed by atoms with van der Waals surface area (Å²) in [6.07, 6.45) is 1.60. The summed E-state index contributed by atoms with van der Waals surface area (Å²) in [6.45, 7) is 0.597. The second-order valence-corrected chi connectivity index (χ2v) is 5.56. The summed E-state index contributed by atoms with van der Waals surface area (Å²) in [5, 5.41) is 8.44. The molecule has 0 aliphatic rings. The van der Waals surface area contributed by atoms with E-state index >= 15 is 0 Å². The summed E-state index contributed by atoms with van der Waals surface area (Å²) >= 11 is 0. The minimum absolute atomic E-state index is 0.0207. The molecule has 0 amide bonds. The summed E-state index contributed by atoms with van der Waals surface area (Å²) in [5.74, 6) is 0.737. The molecule has 0 heterocycles. The molecule has 0 spiro atoms. The lowest BCUT2D eigenvalue weighted by atomic mass is 10.3. The number of ether oxygens (including phenoxy) is 1. The summed E-state index contributed by atoms with van der Waals surface area (Å²) in [4.78, 5) is 10.3. The Bertz CT molecular complexity index is 378. The molecule has 0 bridgehead atoms. The van der Waals surface area contributed by atoms with Crippen LogP contribution in [0.25, 0.3) is 0 Å². The van der Waals surface area contributed by atoms with E-state index in [2.05, 4.69) is 0 Å². The highest BCUT2D eigenvalue weighted by atomic mass is 32.2.